The van der Waals surface area contributed by atoms with Crippen molar-refractivity contribution in [2.75, 3.05) is 5.32 Å². The zero-order valence-electron chi connectivity index (χ0n) is 9.71. The summed E-state index contributed by atoms with van der Waals surface area (Å²) in [4.78, 5) is 11.8. The number of nitrogens with one attached hydrogen (secondary N) is 1. The fourth-order valence-electron chi connectivity index (χ4n) is 1.88. The maximum atomic E-state index is 11.9. The molecule has 0 radical (unpaired) electrons. The second kappa shape index (κ2) is 5.66. The maximum absolute atomic E-state index is 11.9. The predicted octanol–water partition coefficient (Wildman–Crippen LogP) is 3.54. The van der Waals surface area contributed by atoms with Crippen molar-refractivity contribution in [3.05, 3.63) is 27.8 Å². The summed E-state index contributed by atoms with van der Waals surface area (Å²) in [5.74, 6) is -0.672. The van der Waals surface area contributed by atoms with Crippen LogP contribution in [0.25, 0.3) is 0 Å². The largest absolute Gasteiger partial charge is 0.522 e. The Morgan fingerprint density at radius 1 is 1.37 bits per heavy atom. The van der Waals surface area contributed by atoms with E-state index in [4.69, 9.17) is 0 Å². The van der Waals surface area contributed by atoms with Crippen molar-refractivity contribution >= 4 is 34.2 Å². The normalized spacial score (nSPS) is 22.7. The molecule has 1 aromatic rings. The van der Waals surface area contributed by atoms with E-state index in [-0.39, 0.29) is 18.7 Å². The Kier molecular flexibility index (Phi) is 4.34. The van der Waals surface area contributed by atoms with Crippen LogP contribution in [0.2, 0.25) is 0 Å². The predicted molar refractivity (Wildman–Crippen MR) is 71.4 cm³/mol. The molecule has 104 valence electrons. The number of ether oxygens (including phenoxy) is 1. The van der Waals surface area contributed by atoms with Crippen LogP contribution in [-0.2, 0) is 9.53 Å². The monoisotopic (exact) mass is 385 g/mol. The zero-order chi connectivity index (χ0) is 14.0. The Morgan fingerprint density at radius 3 is 2.63 bits per heavy atom. The number of carbonyl (C=O) groups is 1. The van der Waals surface area contributed by atoms with Crippen molar-refractivity contribution in [3.8, 4) is 0 Å². The summed E-state index contributed by atoms with van der Waals surface area (Å²) in [6.45, 7) is 0. The average molecular weight is 385 g/mol. The lowest BCUT2D eigenvalue weighted by Gasteiger charge is -2.34. The molecule has 0 spiro atoms. The number of hydrogen-bond acceptors (Lipinski definition) is 2. The molecular formula is C12H11F3INO2. The van der Waals surface area contributed by atoms with Crippen molar-refractivity contribution in [1.29, 1.82) is 0 Å². The molecule has 1 amide bonds. The lowest BCUT2D eigenvalue weighted by molar-refractivity contribution is -0.353. The van der Waals surface area contributed by atoms with Crippen LogP contribution in [0.5, 0.6) is 0 Å². The van der Waals surface area contributed by atoms with Gasteiger partial charge < -0.3 is 5.32 Å². The number of rotatable bonds is 3. The Balaban J connectivity index is 1.81. The number of amides is 1. The standard InChI is InChI=1S/C12H11F3INO2/c13-12(14,15)19-10-4-7(5-10)11(18)17-9-3-1-2-8(16)6-9/h1-3,6-7,10H,4-5H2,(H,17,18). The Labute approximate surface area is 121 Å². The number of alkyl halides is 3. The van der Waals surface area contributed by atoms with Gasteiger partial charge in [-0.3, -0.25) is 9.53 Å². The number of benzene rings is 1. The molecule has 0 atom stereocenters. The van der Waals surface area contributed by atoms with Gasteiger partial charge in [-0.25, -0.2) is 0 Å². The van der Waals surface area contributed by atoms with E-state index in [0.717, 1.165) is 3.57 Å². The molecule has 0 aromatic heterocycles. The summed E-state index contributed by atoms with van der Waals surface area (Å²) < 4.78 is 40.6. The number of carbonyl (C=O) groups excluding carboxylic acids is 1. The molecule has 1 aliphatic carbocycles. The SMILES string of the molecule is O=C(Nc1cccc(I)c1)C1CC(OC(F)(F)F)C1. The summed E-state index contributed by atoms with van der Waals surface area (Å²) >= 11 is 2.11. The Bertz CT molecular complexity index is 472. The fraction of sp³-hybridized carbons (Fsp3) is 0.417. The third-order valence-corrected chi connectivity index (χ3v) is 3.53. The first-order valence-electron chi connectivity index (χ1n) is 5.64. The molecule has 0 bridgehead atoms. The topological polar surface area (TPSA) is 38.3 Å². The molecule has 1 N–H and O–H groups in total. The molecule has 1 aromatic carbocycles. The second-order valence-electron chi connectivity index (χ2n) is 4.35. The summed E-state index contributed by atoms with van der Waals surface area (Å²) in [5, 5.41) is 2.69. The van der Waals surface area contributed by atoms with E-state index in [1.54, 1.807) is 18.2 Å². The van der Waals surface area contributed by atoms with Gasteiger partial charge in [0.15, 0.2) is 0 Å². The molecule has 1 fully saturated rings. The minimum absolute atomic E-state index is 0.106. The molecule has 0 aliphatic heterocycles. The van der Waals surface area contributed by atoms with Crippen LogP contribution in [0.1, 0.15) is 12.8 Å². The highest BCUT2D eigenvalue weighted by atomic mass is 127. The van der Waals surface area contributed by atoms with Crippen molar-refractivity contribution in [2.45, 2.75) is 25.3 Å². The van der Waals surface area contributed by atoms with Crippen LogP contribution in [0.4, 0.5) is 18.9 Å². The first kappa shape index (κ1) is 14.6. The molecule has 1 aliphatic rings. The molecule has 19 heavy (non-hydrogen) atoms. The molecule has 1 saturated carbocycles. The Morgan fingerprint density at radius 2 is 2.05 bits per heavy atom. The number of anilines is 1. The maximum Gasteiger partial charge on any atom is 0.522 e. The minimum atomic E-state index is -4.62. The number of hydrogen-bond donors (Lipinski definition) is 1. The highest BCUT2D eigenvalue weighted by Gasteiger charge is 2.42. The van der Waals surface area contributed by atoms with E-state index in [1.807, 2.05) is 6.07 Å². The summed E-state index contributed by atoms with van der Waals surface area (Å²) in [6, 6.07) is 7.21. The summed E-state index contributed by atoms with van der Waals surface area (Å²) in [5.41, 5.74) is 0.650. The van der Waals surface area contributed by atoms with E-state index in [2.05, 4.69) is 32.6 Å². The van der Waals surface area contributed by atoms with Gasteiger partial charge in [-0.15, -0.1) is 13.2 Å². The van der Waals surface area contributed by atoms with Crippen LogP contribution < -0.4 is 5.32 Å². The Hall–Kier alpha value is -0.830. The van der Waals surface area contributed by atoms with Crippen LogP contribution >= 0.6 is 22.6 Å². The lowest BCUT2D eigenvalue weighted by atomic mass is 9.81. The molecule has 7 heteroatoms. The smallest absolute Gasteiger partial charge is 0.326 e. The molecule has 3 nitrogen and oxygen atoms in total. The average Bonchev–Trinajstić information content (AvgIpc) is 2.21. The fourth-order valence-corrected chi connectivity index (χ4v) is 2.42. The van der Waals surface area contributed by atoms with Gasteiger partial charge in [-0.1, -0.05) is 6.07 Å². The van der Waals surface area contributed by atoms with Crippen LogP contribution in [0.15, 0.2) is 24.3 Å². The van der Waals surface area contributed by atoms with Gasteiger partial charge >= 0.3 is 6.36 Å². The van der Waals surface area contributed by atoms with Crippen LogP contribution in [-0.4, -0.2) is 18.4 Å². The van der Waals surface area contributed by atoms with Gasteiger partial charge in [0.1, 0.15) is 0 Å². The van der Waals surface area contributed by atoms with Gasteiger partial charge in [0.2, 0.25) is 5.91 Å². The van der Waals surface area contributed by atoms with Gasteiger partial charge in [0.25, 0.3) is 0 Å². The first-order chi connectivity index (χ1) is 8.83. The molecule has 0 unspecified atom stereocenters. The van der Waals surface area contributed by atoms with Gasteiger partial charge in [0.05, 0.1) is 6.10 Å². The third-order valence-electron chi connectivity index (χ3n) is 2.86. The van der Waals surface area contributed by atoms with Gasteiger partial charge in [-0.05, 0) is 53.6 Å². The van der Waals surface area contributed by atoms with Crippen molar-refractivity contribution in [1.82, 2.24) is 0 Å². The third kappa shape index (κ3) is 4.34. The number of halogens is 4. The van der Waals surface area contributed by atoms with Crippen LogP contribution in [0, 0.1) is 9.49 Å². The second-order valence-corrected chi connectivity index (χ2v) is 5.60. The van der Waals surface area contributed by atoms with Crippen molar-refractivity contribution in [3.63, 3.8) is 0 Å². The van der Waals surface area contributed by atoms with E-state index in [9.17, 15) is 18.0 Å². The molecule has 2 rings (SSSR count). The highest BCUT2D eigenvalue weighted by molar-refractivity contribution is 14.1. The molecule has 0 saturated heterocycles. The van der Waals surface area contributed by atoms with Crippen molar-refractivity contribution < 1.29 is 22.7 Å². The quantitative estimate of drug-likeness (QED) is 0.809. The lowest BCUT2D eigenvalue weighted by Crippen LogP contribution is -2.41. The zero-order valence-corrected chi connectivity index (χ0v) is 11.9. The van der Waals surface area contributed by atoms with Gasteiger partial charge in [-0.2, -0.15) is 0 Å². The van der Waals surface area contributed by atoms with Gasteiger partial charge in [0, 0.05) is 15.2 Å². The molecule has 0 heterocycles. The van der Waals surface area contributed by atoms with E-state index < -0.39 is 18.4 Å². The van der Waals surface area contributed by atoms with E-state index in [0.29, 0.717) is 5.69 Å². The van der Waals surface area contributed by atoms with Crippen LogP contribution in [0.3, 0.4) is 0 Å². The highest BCUT2D eigenvalue weighted by Crippen LogP contribution is 2.35. The van der Waals surface area contributed by atoms with E-state index >= 15 is 0 Å². The van der Waals surface area contributed by atoms with Crippen molar-refractivity contribution in [2.24, 2.45) is 5.92 Å². The minimum Gasteiger partial charge on any atom is -0.326 e. The van der Waals surface area contributed by atoms with E-state index in [1.165, 1.54) is 0 Å². The summed E-state index contributed by atoms with van der Waals surface area (Å²) in [7, 11) is 0. The first-order valence-corrected chi connectivity index (χ1v) is 6.72. The molecular weight excluding hydrogens is 374 g/mol. The summed E-state index contributed by atoms with van der Waals surface area (Å²) in [6.07, 6.45) is -5.31.